The minimum Gasteiger partial charge on any atom is -0.455 e. The Morgan fingerprint density at radius 1 is 0.151 bits per heavy atom. The van der Waals surface area contributed by atoms with Crippen molar-refractivity contribution in [1.82, 2.24) is 44.9 Å². The Kier molecular flexibility index (Phi) is 21.0. The lowest BCUT2D eigenvalue weighted by Crippen LogP contribution is -2.18. The minimum absolute atomic E-state index is 0.0563. The van der Waals surface area contributed by atoms with Gasteiger partial charge in [0.2, 0.25) is 0 Å². The van der Waals surface area contributed by atoms with E-state index in [-0.39, 0.29) is 21.7 Å². The van der Waals surface area contributed by atoms with E-state index in [1.54, 1.807) is 0 Å². The van der Waals surface area contributed by atoms with E-state index in [9.17, 15) is 0 Å². The van der Waals surface area contributed by atoms with E-state index >= 15 is 0 Å². The lowest BCUT2D eigenvalue weighted by molar-refractivity contribution is 0.647. The van der Waals surface area contributed by atoms with Crippen LogP contribution in [0.25, 0.3) is 235 Å². The number of nitrogens with zero attached hydrogens (tertiary/aromatic N) is 9. The molecule has 19 aromatic carbocycles. The van der Waals surface area contributed by atoms with Crippen molar-refractivity contribution in [3.8, 4) is 192 Å². The first-order valence-corrected chi connectivity index (χ1v) is 50.0. The Labute approximate surface area is 847 Å². The lowest BCUT2D eigenvalue weighted by atomic mass is 9.77. The molecule has 0 saturated carbocycles. The smallest absolute Gasteiger partial charge is 0.164 e. The summed E-state index contributed by atoms with van der Waals surface area (Å²) in [5.41, 5.74) is 42.6. The predicted octanol–water partition coefficient (Wildman–Crippen LogP) is 34.3. The zero-order valence-corrected chi connectivity index (χ0v) is 82.0. The van der Waals surface area contributed by atoms with E-state index in [4.69, 9.17) is 53.7 Å². The van der Waals surface area contributed by atoms with Gasteiger partial charge in [-0.3, -0.25) is 0 Å². The first kappa shape index (κ1) is 88.0. The Morgan fingerprint density at radius 3 is 0.788 bits per heavy atom. The highest BCUT2D eigenvalue weighted by molar-refractivity contribution is 6.12. The van der Waals surface area contributed by atoms with Crippen LogP contribution < -0.4 is 0 Å². The predicted molar refractivity (Wildman–Crippen MR) is 595 cm³/mol. The number of benzene rings is 19. The Bertz CT molecular complexity index is 9030. The molecule has 0 unspecified atom stereocenters. The fourth-order valence-corrected chi connectivity index (χ4v) is 23.0. The zero-order chi connectivity index (χ0) is 98.3. The summed E-state index contributed by atoms with van der Waals surface area (Å²) in [7, 11) is 0. The molecule has 0 spiro atoms. The molecule has 0 N–H and O–H groups in total. The molecule has 5 aromatic heterocycles. The van der Waals surface area contributed by atoms with E-state index in [1.165, 1.54) is 106 Å². The molecule has 5 heterocycles. The molecule has 0 aliphatic heterocycles. The summed E-state index contributed by atoms with van der Waals surface area (Å²) in [6.45, 7) is 19.0. The van der Waals surface area contributed by atoms with Crippen molar-refractivity contribution < 1.29 is 8.83 Å². The molecule has 24 aromatic rings. The van der Waals surface area contributed by atoms with Crippen molar-refractivity contribution in [3.05, 3.63) is 487 Å². The maximum atomic E-state index is 6.53. The van der Waals surface area contributed by atoms with Crippen molar-refractivity contribution in [2.45, 2.75) is 77.0 Å². The third-order valence-corrected chi connectivity index (χ3v) is 30.4. The summed E-state index contributed by atoms with van der Waals surface area (Å²) >= 11 is 0. The van der Waals surface area contributed by atoms with Crippen LogP contribution in [0.1, 0.15) is 99.9 Å². The highest BCUT2D eigenvalue weighted by atomic mass is 16.3. The third kappa shape index (κ3) is 15.0. The summed E-state index contributed by atoms with van der Waals surface area (Å²) < 4.78 is 13.1. The Balaban J connectivity index is 0.000000111. The Morgan fingerprint density at radius 2 is 0.404 bits per heavy atom. The van der Waals surface area contributed by atoms with Gasteiger partial charge in [0.05, 0.1) is 0 Å². The molecule has 11 nitrogen and oxygen atoms in total. The van der Waals surface area contributed by atoms with Gasteiger partial charge >= 0.3 is 0 Å². The van der Waals surface area contributed by atoms with Crippen LogP contribution in [0.2, 0.25) is 0 Å². The summed E-state index contributed by atoms with van der Waals surface area (Å²) in [5.74, 6) is 5.80. The van der Waals surface area contributed by atoms with Gasteiger partial charge in [-0.25, -0.2) is 44.9 Å². The van der Waals surface area contributed by atoms with Crippen LogP contribution in [0.4, 0.5) is 0 Å². The van der Waals surface area contributed by atoms with Gasteiger partial charge in [-0.2, -0.15) is 0 Å². The molecule has 0 radical (unpaired) electrons. The van der Waals surface area contributed by atoms with E-state index in [0.717, 1.165) is 122 Å². The van der Waals surface area contributed by atoms with E-state index in [1.807, 2.05) is 218 Å². The molecule has 0 fully saturated rings. The highest BCUT2D eigenvalue weighted by Gasteiger charge is 2.47. The number of hydrogen-bond donors (Lipinski definition) is 0. The maximum absolute atomic E-state index is 6.53. The molecule has 4 aliphatic carbocycles. The summed E-state index contributed by atoms with van der Waals surface area (Å²) in [6.07, 6.45) is 0. The highest BCUT2D eigenvalue weighted by Crippen LogP contribution is 2.62. The van der Waals surface area contributed by atoms with E-state index in [0.29, 0.717) is 52.4 Å². The van der Waals surface area contributed by atoms with Crippen molar-refractivity contribution in [2.75, 3.05) is 0 Å². The molecule has 28 rings (SSSR count). The van der Waals surface area contributed by atoms with Gasteiger partial charge < -0.3 is 8.83 Å². The van der Waals surface area contributed by atoms with Gasteiger partial charge in [-0.05, 0) is 171 Å². The second-order valence-corrected chi connectivity index (χ2v) is 40.6. The maximum Gasteiger partial charge on any atom is 0.164 e. The van der Waals surface area contributed by atoms with Gasteiger partial charge in [0.25, 0.3) is 0 Å². The Hall–Kier alpha value is -18.2. The van der Waals surface area contributed by atoms with Gasteiger partial charge in [-0.1, -0.05) is 450 Å². The molecular weight excluding hydrogens is 1780 g/mol. The topological polar surface area (TPSA) is 142 Å². The number of rotatable bonds is 13. The molecule has 146 heavy (non-hydrogen) atoms. The summed E-state index contributed by atoms with van der Waals surface area (Å²) in [5, 5.41) is 4.32. The first-order chi connectivity index (χ1) is 71.4. The van der Waals surface area contributed by atoms with Crippen molar-refractivity contribution >= 4 is 43.9 Å². The van der Waals surface area contributed by atoms with Crippen molar-refractivity contribution in [3.63, 3.8) is 0 Å². The molecule has 11 heteroatoms. The number of fused-ring (bicyclic) bond motifs is 20. The fourth-order valence-electron chi connectivity index (χ4n) is 23.0. The zero-order valence-electron chi connectivity index (χ0n) is 82.0. The summed E-state index contributed by atoms with van der Waals surface area (Å²) in [4.78, 5) is 44.7. The number of furan rings is 2. The van der Waals surface area contributed by atoms with Crippen LogP contribution in [0.3, 0.4) is 0 Å². The average Bonchev–Trinajstić information content (AvgIpc) is 1.53. The van der Waals surface area contributed by atoms with Crippen molar-refractivity contribution in [1.29, 1.82) is 0 Å². The van der Waals surface area contributed by atoms with Crippen LogP contribution in [0.15, 0.2) is 452 Å². The van der Waals surface area contributed by atoms with Crippen LogP contribution in [0, 0.1) is 0 Å². The SMILES string of the molecule is CC1(C)c2cc(-c3ccc(-c4nc(-c5ccccc5)nc(-c5ccccc5)n4)cc3)ccc2-c2c1ccc1c2C(C)(C)c2ccccc2-1.CC1(C)c2cc(-c3cccc(-c4nc(-c5ccccc5)nc(-c5ccccc5)n4)c3)ccc2-c2c1ccc1c2C(C)(C)c2ccccc2-1.c1ccc(-c2nc(-c3ccccc3)nc(-c3cc(-c4cccc5c4oc4ccccc45)cc(-c4cccc5c4oc4ccccc45)c3)n2)cc1. The number of para-hydroxylation sites is 4. The fraction of sp³-hybridized carbons (Fsp3) is 0.0889. The van der Waals surface area contributed by atoms with Gasteiger partial charge in [0, 0.05) is 104 Å². The standard InChI is InChI=1S/C45H27N3O2.2C45H35N3/c1-3-13-28(14-4-1)43-46-44(29-15-5-2-6-16-29)48-45(47-43)32-26-30(33-19-11-21-37-35-17-7-9-23-39(35)49-41(33)37)25-31(27-32)34-20-12-22-38-36-18-8-10-24-40(36)50-42(34)38;1-44(2)37-25-24-34-33-20-11-12-21-36(33)45(3,4)40(34)39(37)35-23-22-31(27-38(35)44)30-18-13-19-32(26-30)43-47-41(28-14-7-5-8-15-28)46-42(48-43)29-16-9-6-10-17-29;1-44(2)37-26-25-34-33-17-11-12-18-36(33)45(3,4)40(34)39(37)35-24-23-32(27-38(35)44)28-19-21-31(22-20-28)43-47-41(29-13-7-5-8-14-29)46-42(48-43)30-15-9-6-10-16-30/h1-27H;2*5-27H,1-4H3. The van der Waals surface area contributed by atoms with Crippen LogP contribution in [-0.2, 0) is 21.7 Å². The molecule has 0 bridgehead atoms. The number of hydrogen-bond acceptors (Lipinski definition) is 11. The largest absolute Gasteiger partial charge is 0.455 e. The van der Waals surface area contributed by atoms with Gasteiger partial charge in [0.1, 0.15) is 22.3 Å². The monoisotopic (exact) mass is 1880 g/mol. The third-order valence-electron chi connectivity index (χ3n) is 30.4. The van der Waals surface area contributed by atoms with Crippen LogP contribution in [0.5, 0.6) is 0 Å². The quantitative estimate of drug-likeness (QED) is 0.109. The second kappa shape index (κ2) is 34.9. The van der Waals surface area contributed by atoms with Crippen LogP contribution >= 0.6 is 0 Å². The van der Waals surface area contributed by atoms with E-state index < -0.39 is 0 Å². The average molecular weight is 1880 g/mol. The molecule has 0 atom stereocenters. The molecular formula is C135H97N9O2. The number of aromatic nitrogens is 9. The normalized spacial score (nSPS) is 13.6. The van der Waals surface area contributed by atoms with Crippen LogP contribution in [-0.4, -0.2) is 44.9 Å². The van der Waals surface area contributed by atoms with Crippen molar-refractivity contribution in [2.24, 2.45) is 0 Å². The lowest BCUT2D eigenvalue weighted by Gasteiger charge is -2.26. The first-order valence-electron chi connectivity index (χ1n) is 50.0. The summed E-state index contributed by atoms with van der Waals surface area (Å²) in [6, 6.07) is 155. The molecule has 0 amide bonds. The molecule has 694 valence electrons. The molecule has 0 saturated heterocycles. The van der Waals surface area contributed by atoms with E-state index in [2.05, 4.69) is 280 Å². The van der Waals surface area contributed by atoms with Gasteiger partial charge in [-0.15, -0.1) is 0 Å². The van der Waals surface area contributed by atoms with Gasteiger partial charge in [0.15, 0.2) is 52.4 Å². The second-order valence-electron chi connectivity index (χ2n) is 40.6. The minimum atomic E-state index is -0.123. The molecule has 4 aliphatic rings.